The molecule has 0 saturated carbocycles. The zero-order valence-electron chi connectivity index (χ0n) is 9.96. The van der Waals surface area contributed by atoms with Crippen LogP contribution in [0.4, 0.5) is 5.69 Å². The molecule has 0 fully saturated rings. The van der Waals surface area contributed by atoms with E-state index in [1.54, 1.807) is 23.9 Å². The second-order valence-corrected chi connectivity index (χ2v) is 4.83. The van der Waals surface area contributed by atoms with Crippen LogP contribution in [0, 0.1) is 0 Å². The fourth-order valence-corrected chi connectivity index (χ4v) is 2.39. The molecule has 0 aliphatic heterocycles. The van der Waals surface area contributed by atoms with Gasteiger partial charge in [0.05, 0.1) is 11.8 Å². The molecule has 0 saturated heterocycles. The van der Waals surface area contributed by atoms with Crippen LogP contribution in [0.3, 0.4) is 0 Å². The zero-order valence-corrected chi connectivity index (χ0v) is 10.8. The number of hydrogen-bond donors (Lipinski definition) is 3. The van der Waals surface area contributed by atoms with Gasteiger partial charge in [0, 0.05) is 19.8 Å². The molecule has 6 heteroatoms. The number of nitrogens with two attached hydrogens (primary N) is 1. The van der Waals surface area contributed by atoms with Crippen LogP contribution in [0.5, 0.6) is 0 Å². The molecule has 2 aromatic rings. The van der Waals surface area contributed by atoms with E-state index in [1.165, 1.54) is 11.3 Å². The van der Waals surface area contributed by atoms with Crippen molar-refractivity contribution in [1.29, 1.82) is 0 Å². The van der Waals surface area contributed by atoms with E-state index in [4.69, 9.17) is 5.73 Å². The van der Waals surface area contributed by atoms with Gasteiger partial charge in [-0.2, -0.15) is 11.3 Å². The largest absolute Gasteiger partial charge is 0.397 e. The van der Waals surface area contributed by atoms with Crippen LogP contribution in [-0.2, 0) is 7.05 Å². The van der Waals surface area contributed by atoms with Gasteiger partial charge in [-0.3, -0.25) is 4.79 Å². The van der Waals surface area contributed by atoms with Crippen molar-refractivity contribution in [2.75, 3.05) is 12.3 Å². The van der Waals surface area contributed by atoms with Crippen molar-refractivity contribution in [2.45, 2.75) is 6.10 Å². The van der Waals surface area contributed by atoms with Crippen molar-refractivity contribution in [3.8, 4) is 0 Å². The molecular formula is C12H15N3O2S. The number of thiophene rings is 1. The molecule has 0 spiro atoms. The van der Waals surface area contributed by atoms with Crippen molar-refractivity contribution in [3.05, 3.63) is 40.3 Å². The maximum Gasteiger partial charge on any atom is 0.268 e. The van der Waals surface area contributed by atoms with Gasteiger partial charge in [-0.25, -0.2) is 0 Å². The first kappa shape index (κ1) is 12.7. The quantitative estimate of drug-likeness (QED) is 0.775. The van der Waals surface area contributed by atoms with E-state index in [0.717, 1.165) is 5.56 Å². The molecule has 1 unspecified atom stereocenters. The van der Waals surface area contributed by atoms with E-state index in [9.17, 15) is 9.90 Å². The van der Waals surface area contributed by atoms with Gasteiger partial charge >= 0.3 is 0 Å². The van der Waals surface area contributed by atoms with Crippen LogP contribution in [0.2, 0.25) is 0 Å². The smallest absolute Gasteiger partial charge is 0.268 e. The molecule has 0 aliphatic rings. The summed E-state index contributed by atoms with van der Waals surface area (Å²) in [6, 6.07) is 3.44. The molecule has 2 rings (SSSR count). The number of aliphatic hydroxyl groups is 1. The number of nitrogens with one attached hydrogen (secondary N) is 1. The second-order valence-electron chi connectivity index (χ2n) is 4.05. The highest BCUT2D eigenvalue weighted by molar-refractivity contribution is 7.07. The summed E-state index contributed by atoms with van der Waals surface area (Å²) in [5.74, 6) is -0.247. The van der Waals surface area contributed by atoms with Crippen molar-refractivity contribution in [2.24, 2.45) is 7.05 Å². The Morgan fingerprint density at radius 2 is 2.44 bits per heavy atom. The molecular weight excluding hydrogens is 250 g/mol. The first-order valence-corrected chi connectivity index (χ1v) is 6.42. The number of aromatic nitrogens is 1. The molecule has 1 atom stereocenters. The summed E-state index contributed by atoms with van der Waals surface area (Å²) in [7, 11) is 1.75. The standard InChI is InChI=1S/C12H15N3O2S/c1-15-6-9(13)4-10(15)12(17)14-5-11(16)8-2-3-18-7-8/h2-4,6-7,11,16H,5,13H2,1H3,(H,14,17). The molecule has 0 aliphatic carbocycles. The highest BCUT2D eigenvalue weighted by Gasteiger charge is 2.13. The summed E-state index contributed by atoms with van der Waals surface area (Å²) < 4.78 is 1.65. The molecule has 1 amide bonds. The number of carbonyl (C=O) groups is 1. The molecule has 0 aromatic carbocycles. The normalized spacial score (nSPS) is 12.3. The minimum Gasteiger partial charge on any atom is -0.397 e. The van der Waals surface area contributed by atoms with Crippen molar-refractivity contribution >= 4 is 22.9 Å². The van der Waals surface area contributed by atoms with Gasteiger partial charge in [0.2, 0.25) is 0 Å². The Morgan fingerprint density at radius 1 is 1.67 bits per heavy atom. The maximum atomic E-state index is 11.9. The Kier molecular flexibility index (Phi) is 3.69. The first-order valence-electron chi connectivity index (χ1n) is 5.48. The number of aryl methyl sites for hydroxylation is 1. The predicted octanol–water partition coefficient (Wildman–Crippen LogP) is 1.13. The third kappa shape index (κ3) is 2.72. The van der Waals surface area contributed by atoms with Crippen LogP contribution in [0.15, 0.2) is 29.1 Å². The molecule has 5 nitrogen and oxygen atoms in total. The number of anilines is 1. The van der Waals surface area contributed by atoms with E-state index in [-0.39, 0.29) is 12.5 Å². The fourth-order valence-electron chi connectivity index (χ4n) is 1.68. The lowest BCUT2D eigenvalue weighted by Gasteiger charge is -2.10. The molecule has 4 N–H and O–H groups in total. The summed E-state index contributed by atoms with van der Waals surface area (Å²) in [5.41, 5.74) is 7.43. The van der Waals surface area contributed by atoms with E-state index in [2.05, 4.69) is 5.32 Å². The van der Waals surface area contributed by atoms with Crippen molar-refractivity contribution in [1.82, 2.24) is 9.88 Å². The van der Waals surface area contributed by atoms with Crippen molar-refractivity contribution in [3.63, 3.8) is 0 Å². The summed E-state index contributed by atoms with van der Waals surface area (Å²) in [5, 5.41) is 16.3. The molecule has 0 bridgehead atoms. The lowest BCUT2D eigenvalue weighted by Crippen LogP contribution is -2.29. The maximum absolute atomic E-state index is 11.9. The number of hydrogen-bond acceptors (Lipinski definition) is 4. The van der Waals surface area contributed by atoms with Gasteiger partial charge in [0.25, 0.3) is 5.91 Å². The predicted molar refractivity (Wildman–Crippen MR) is 71.4 cm³/mol. The van der Waals surface area contributed by atoms with E-state index < -0.39 is 6.10 Å². The van der Waals surface area contributed by atoms with Gasteiger partial charge in [0.1, 0.15) is 5.69 Å². The van der Waals surface area contributed by atoms with Crippen LogP contribution < -0.4 is 11.1 Å². The third-order valence-corrected chi connectivity index (χ3v) is 3.34. The van der Waals surface area contributed by atoms with Crippen LogP contribution in [0.1, 0.15) is 22.2 Å². The molecule has 18 heavy (non-hydrogen) atoms. The Hall–Kier alpha value is -1.79. The van der Waals surface area contributed by atoms with Gasteiger partial charge in [-0.15, -0.1) is 0 Å². The number of carbonyl (C=O) groups excluding carboxylic acids is 1. The molecule has 96 valence electrons. The number of rotatable bonds is 4. The fraction of sp³-hybridized carbons (Fsp3) is 0.250. The van der Waals surface area contributed by atoms with Gasteiger partial charge in [-0.1, -0.05) is 0 Å². The van der Waals surface area contributed by atoms with E-state index in [1.807, 2.05) is 16.8 Å². The minimum atomic E-state index is -0.683. The van der Waals surface area contributed by atoms with E-state index >= 15 is 0 Å². The summed E-state index contributed by atoms with van der Waals surface area (Å²) >= 11 is 1.51. The summed E-state index contributed by atoms with van der Waals surface area (Å²) in [6.45, 7) is 0.181. The summed E-state index contributed by atoms with van der Waals surface area (Å²) in [6.07, 6.45) is 0.988. The molecule has 2 heterocycles. The Bertz CT molecular complexity index is 534. The zero-order chi connectivity index (χ0) is 13.1. The van der Waals surface area contributed by atoms with Crippen molar-refractivity contribution < 1.29 is 9.90 Å². The number of amides is 1. The third-order valence-electron chi connectivity index (χ3n) is 2.64. The number of aliphatic hydroxyl groups excluding tert-OH is 1. The highest BCUT2D eigenvalue weighted by atomic mass is 32.1. The minimum absolute atomic E-state index is 0.181. The Morgan fingerprint density at radius 3 is 3.00 bits per heavy atom. The van der Waals surface area contributed by atoms with Crippen LogP contribution in [-0.4, -0.2) is 22.1 Å². The lowest BCUT2D eigenvalue weighted by atomic mass is 10.2. The van der Waals surface area contributed by atoms with E-state index in [0.29, 0.717) is 11.4 Å². The van der Waals surface area contributed by atoms with Gasteiger partial charge in [-0.05, 0) is 28.5 Å². The Labute approximate surface area is 109 Å². The summed E-state index contributed by atoms with van der Waals surface area (Å²) in [4.78, 5) is 11.9. The first-order chi connectivity index (χ1) is 8.58. The van der Waals surface area contributed by atoms with Gasteiger partial charge < -0.3 is 20.7 Å². The SMILES string of the molecule is Cn1cc(N)cc1C(=O)NCC(O)c1ccsc1. The molecule has 0 radical (unpaired) electrons. The monoisotopic (exact) mass is 265 g/mol. The number of nitrogens with zero attached hydrogens (tertiary/aromatic N) is 1. The lowest BCUT2D eigenvalue weighted by molar-refractivity contribution is 0.0908. The average molecular weight is 265 g/mol. The topological polar surface area (TPSA) is 80.3 Å². The van der Waals surface area contributed by atoms with Crippen LogP contribution in [0.25, 0.3) is 0 Å². The second kappa shape index (κ2) is 5.24. The van der Waals surface area contributed by atoms with Crippen LogP contribution >= 0.6 is 11.3 Å². The number of nitrogen functional groups attached to an aromatic ring is 1. The van der Waals surface area contributed by atoms with Gasteiger partial charge in [0.15, 0.2) is 0 Å². The average Bonchev–Trinajstić information content (AvgIpc) is 2.95. The Balaban J connectivity index is 1.94. The molecule has 2 aromatic heterocycles. The highest BCUT2D eigenvalue weighted by Crippen LogP contribution is 2.15.